The molecular weight excluding hydrogens is 363 g/mol. The lowest BCUT2D eigenvalue weighted by Crippen LogP contribution is -2.37. The summed E-state index contributed by atoms with van der Waals surface area (Å²) >= 11 is 0. The number of hydrogen-bond acceptors (Lipinski definition) is 4. The van der Waals surface area contributed by atoms with Gasteiger partial charge in [-0.15, -0.1) is 0 Å². The second kappa shape index (κ2) is 8.90. The van der Waals surface area contributed by atoms with Gasteiger partial charge in [0.2, 0.25) is 17.2 Å². The van der Waals surface area contributed by atoms with Crippen LogP contribution in [0.25, 0.3) is 10.9 Å². The fourth-order valence-corrected chi connectivity index (χ4v) is 2.73. The molecule has 0 aliphatic heterocycles. The molecule has 0 fully saturated rings. The average molecular weight is 382 g/mol. The highest BCUT2D eigenvalue weighted by atomic mass is 19.1. The van der Waals surface area contributed by atoms with Crippen LogP contribution in [0, 0.1) is 5.82 Å². The molecule has 0 bridgehead atoms. The van der Waals surface area contributed by atoms with Crippen molar-refractivity contribution in [3.8, 4) is 0 Å². The minimum absolute atomic E-state index is 0.0374. The van der Waals surface area contributed by atoms with Crippen LogP contribution in [0.15, 0.2) is 59.5 Å². The van der Waals surface area contributed by atoms with Gasteiger partial charge in [0.1, 0.15) is 12.4 Å². The van der Waals surface area contributed by atoms with Crippen LogP contribution >= 0.6 is 0 Å². The summed E-state index contributed by atoms with van der Waals surface area (Å²) in [7, 11) is 0. The van der Waals surface area contributed by atoms with Crippen molar-refractivity contribution in [1.82, 2.24) is 20.4 Å². The summed E-state index contributed by atoms with van der Waals surface area (Å²) < 4.78 is 14.3. The molecule has 2 N–H and O–H groups in total. The Morgan fingerprint density at radius 1 is 0.964 bits per heavy atom. The number of nitrogens with one attached hydrogen (secondary N) is 2. The SMILES string of the molecule is O=C(Cc1ccc(F)cc1)NCCNC(=O)Cn1ncc(=O)c2ccccc21. The van der Waals surface area contributed by atoms with E-state index in [-0.39, 0.29) is 49.1 Å². The van der Waals surface area contributed by atoms with E-state index in [0.717, 1.165) is 0 Å². The van der Waals surface area contributed by atoms with E-state index in [9.17, 15) is 18.8 Å². The third kappa shape index (κ3) is 5.00. The Labute approximate surface area is 160 Å². The number of aromatic nitrogens is 2. The van der Waals surface area contributed by atoms with Gasteiger partial charge < -0.3 is 10.6 Å². The molecule has 8 heteroatoms. The molecule has 0 spiro atoms. The third-order valence-electron chi connectivity index (χ3n) is 4.10. The maximum Gasteiger partial charge on any atom is 0.241 e. The predicted octanol–water partition coefficient (Wildman–Crippen LogP) is 1.01. The number of para-hydroxylation sites is 1. The van der Waals surface area contributed by atoms with Crippen molar-refractivity contribution >= 4 is 22.7 Å². The van der Waals surface area contributed by atoms with Gasteiger partial charge in [-0.3, -0.25) is 19.1 Å². The largest absolute Gasteiger partial charge is 0.354 e. The minimum atomic E-state index is -0.350. The third-order valence-corrected chi connectivity index (χ3v) is 4.10. The summed E-state index contributed by atoms with van der Waals surface area (Å²) in [6, 6.07) is 12.7. The molecule has 0 unspecified atom stereocenters. The molecule has 2 amide bonds. The second-order valence-electron chi connectivity index (χ2n) is 6.19. The average Bonchev–Trinajstić information content (AvgIpc) is 2.69. The van der Waals surface area contributed by atoms with Gasteiger partial charge in [-0.25, -0.2) is 4.39 Å². The van der Waals surface area contributed by atoms with E-state index in [0.29, 0.717) is 16.5 Å². The molecule has 3 aromatic rings. The monoisotopic (exact) mass is 382 g/mol. The van der Waals surface area contributed by atoms with E-state index >= 15 is 0 Å². The molecule has 144 valence electrons. The lowest BCUT2D eigenvalue weighted by atomic mass is 10.1. The van der Waals surface area contributed by atoms with Gasteiger partial charge in [-0.1, -0.05) is 24.3 Å². The normalized spacial score (nSPS) is 10.6. The molecule has 1 aromatic heterocycles. The Balaban J connectivity index is 1.45. The fourth-order valence-electron chi connectivity index (χ4n) is 2.73. The lowest BCUT2D eigenvalue weighted by Gasteiger charge is -2.10. The van der Waals surface area contributed by atoms with Crippen molar-refractivity contribution in [2.45, 2.75) is 13.0 Å². The quantitative estimate of drug-likeness (QED) is 0.597. The second-order valence-corrected chi connectivity index (χ2v) is 6.19. The van der Waals surface area contributed by atoms with Crippen molar-refractivity contribution in [3.05, 3.63) is 76.3 Å². The van der Waals surface area contributed by atoms with Crippen LogP contribution in [-0.2, 0) is 22.6 Å². The highest BCUT2D eigenvalue weighted by molar-refractivity contribution is 5.81. The van der Waals surface area contributed by atoms with Crippen LogP contribution in [0.1, 0.15) is 5.56 Å². The molecular formula is C20H19FN4O3. The summed E-state index contributed by atoms with van der Waals surface area (Å²) in [5.41, 5.74) is 1.09. The van der Waals surface area contributed by atoms with Crippen molar-refractivity contribution < 1.29 is 14.0 Å². The number of benzene rings is 2. The summed E-state index contributed by atoms with van der Waals surface area (Å²) in [4.78, 5) is 35.8. The van der Waals surface area contributed by atoms with E-state index in [1.807, 2.05) is 0 Å². The molecule has 0 aliphatic carbocycles. The molecule has 0 saturated heterocycles. The number of rotatable bonds is 7. The first-order valence-corrected chi connectivity index (χ1v) is 8.75. The topological polar surface area (TPSA) is 93.1 Å². The Hall–Kier alpha value is -3.55. The number of amides is 2. The van der Waals surface area contributed by atoms with E-state index in [2.05, 4.69) is 15.7 Å². The van der Waals surface area contributed by atoms with Crippen LogP contribution in [0.3, 0.4) is 0 Å². The molecule has 1 heterocycles. The fraction of sp³-hybridized carbons (Fsp3) is 0.200. The van der Waals surface area contributed by atoms with Gasteiger partial charge in [-0.2, -0.15) is 5.10 Å². The summed E-state index contributed by atoms with van der Waals surface area (Å²) in [5, 5.41) is 9.89. The Morgan fingerprint density at radius 3 is 2.39 bits per heavy atom. The van der Waals surface area contributed by atoms with Crippen molar-refractivity contribution in [1.29, 1.82) is 0 Å². The van der Waals surface area contributed by atoms with Crippen LogP contribution in [0.5, 0.6) is 0 Å². The Kier molecular flexibility index (Phi) is 6.11. The van der Waals surface area contributed by atoms with E-state index in [1.54, 1.807) is 36.4 Å². The van der Waals surface area contributed by atoms with Gasteiger partial charge >= 0.3 is 0 Å². The number of carbonyl (C=O) groups is 2. The molecule has 2 aromatic carbocycles. The summed E-state index contributed by atoms with van der Waals surface area (Å²) in [5.74, 6) is -0.847. The first kappa shape index (κ1) is 19.2. The standard InChI is InChI=1S/C20H19FN4O3/c21-15-7-5-14(6-8-15)11-19(27)22-9-10-23-20(28)13-25-17-4-2-1-3-16(17)18(26)12-24-25/h1-8,12H,9-11,13H2,(H,22,27)(H,23,28). The first-order valence-electron chi connectivity index (χ1n) is 8.75. The molecule has 3 rings (SSSR count). The number of hydrogen-bond donors (Lipinski definition) is 2. The van der Waals surface area contributed by atoms with Crippen LogP contribution < -0.4 is 16.1 Å². The molecule has 7 nitrogen and oxygen atoms in total. The van der Waals surface area contributed by atoms with Crippen LogP contribution in [0.2, 0.25) is 0 Å². The van der Waals surface area contributed by atoms with Gasteiger partial charge in [0, 0.05) is 18.5 Å². The van der Waals surface area contributed by atoms with Gasteiger partial charge in [0.05, 0.1) is 18.1 Å². The zero-order valence-electron chi connectivity index (χ0n) is 15.0. The Morgan fingerprint density at radius 2 is 1.64 bits per heavy atom. The summed E-state index contributed by atoms with van der Waals surface area (Å²) in [6.45, 7) is 0.487. The maximum absolute atomic E-state index is 12.8. The number of fused-ring (bicyclic) bond motifs is 1. The van der Waals surface area contributed by atoms with Crippen LogP contribution in [-0.4, -0.2) is 34.7 Å². The number of carbonyl (C=O) groups excluding carboxylic acids is 2. The van der Waals surface area contributed by atoms with E-state index < -0.39 is 0 Å². The number of halogens is 1. The summed E-state index contributed by atoms with van der Waals surface area (Å²) in [6.07, 6.45) is 1.33. The highest BCUT2D eigenvalue weighted by Gasteiger charge is 2.08. The predicted molar refractivity (Wildman–Crippen MR) is 102 cm³/mol. The smallest absolute Gasteiger partial charge is 0.241 e. The van der Waals surface area contributed by atoms with E-state index in [1.165, 1.54) is 23.0 Å². The van der Waals surface area contributed by atoms with Crippen molar-refractivity contribution in [3.63, 3.8) is 0 Å². The van der Waals surface area contributed by atoms with Gasteiger partial charge in [0.15, 0.2) is 0 Å². The zero-order valence-corrected chi connectivity index (χ0v) is 15.0. The van der Waals surface area contributed by atoms with E-state index in [4.69, 9.17) is 0 Å². The molecule has 0 atom stereocenters. The molecule has 0 radical (unpaired) electrons. The maximum atomic E-state index is 12.8. The first-order chi connectivity index (χ1) is 13.5. The molecule has 0 saturated carbocycles. The number of nitrogens with zero attached hydrogens (tertiary/aromatic N) is 2. The highest BCUT2D eigenvalue weighted by Crippen LogP contribution is 2.07. The Bertz CT molecular complexity index is 1050. The molecule has 0 aliphatic rings. The molecule has 28 heavy (non-hydrogen) atoms. The van der Waals surface area contributed by atoms with Crippen molar-refractivity contribution in [2.75, 3.05) is 13.1 Å². The van der Waals surface area contributed by atoms with Crippen molar-refractivity contribution in [2.24, 2.45) is 0 Å². The van der Waals surface area contributed by atoms with Gasteiger partial charge in [0.25, 0.3) is 0 Å². The minimum Gasteiger partial charge on any atom is -0.354 e. The lowest BCUT2D eigenvalue weighted by molar-refractivity contribution is -0.123. The van der Waals surface area contributed by atoms with Gasteiger partial charge in [-0.05, 0) is 29.8 Å². The zero-order chi connectivity index (χ0) is 19.9. The van der Waals surface area contributed by atoms with Crippen LogP contribution in [0.4, 0.5) is 4.39 Å².